The summed E-state index contributed by atoms with van der Waals surface area (Å²) < 4.78 is 29.9. The summed E-state index contributed by atoms with van der Waals surface area (Å²) in [4.78, 5) is 20.4. The highest BCUT2D eigenvalue weighted by Crippen LogP contribution is 2.24. The van der Waals surface area contributed by atoms with Crippen molar-refractivity contribution >= 4 is 21.1 Å². The van der Waals surface area contributed by atoms with Gasteiger partial charge in [-0.1, -0.05) is 24.3 Å². The van der Waals surface area contributed by atoms with E-state index in [1.54, 1.807) is 30.5 Å². The van der Waals surface area contributed by atoms with Crippen molar-refractivity contribution in [3.8, 4) is 16.9 Å². The lowest BCUT2D eigenvalue weighted by Gasteiger charge is -2.23. The van der Waals surface area contributed by atoms with Gasteiger partial charge in [-0.3, -0.25) is 4.57 Å². The molecule has 1 saturated heterocycles. The molecule has 0 spiro atoms. The second kappa shape index (κ2) is 11.6. The van der Waals surface area contributed by atoms with Crippen LogP contribution in [0.1, 0.15) is 24.8 Å². The van der Waals surface area contributed by atoms with Crippen LogP contribution in [-0.2, 0) is 16.6 Å². The molecule has 0 bridgehead atoms. The Labute approximate surface area is 221 Å². The second-order valence-corrected chi connectivity index (χ2v) is 11.2. The summed E-state index contributed by atoms with van der Waals surface area (Å²) in [6.45, 7) is 3.88. The van der Waals surface area contributed by atoms with Crippen molar-refractivity contribution in [1.29, 1.82) is 0 Å². The van der Waals surface area contributed by atoms with Gasteiger partial charge in [0.25, 0.3) is 0 Å². The number of nitrogens with one attached hydrogen (secondary N) is 4. The van der Waals surface area contributed by atoms with Crippen molar-refractivity contribution in [2.24, 2.45) is 5.73 Å². The molecule has 10 nitrogen and oxygen atoms in total. The van der Waals surface area contributed by atoms with E-state index in [4.69, 9.17) is 5.73 Å². The van der Waals surface area contributed by atoms with E-state index in [0.29, 0.717) is 12.2 Å². The fourth-order valence-electron chi connectivity index (χ4n) is 4.61. The van der Waals surface area contributed by atoms with Gasteiger partial charge in [0.2, 0.25) is 10.0 Å². The third-order valence-corrected chi connectivity index (χ3v) is 8.28. The summed E-state index contributed by atoms with van der Waals surface area (Å²) in [6.07, 6.45) is 4.24. The summed E-state index contributed by atoms with van der Waals surface area (Å²) >= 11 is 0. The number of aromatic nitrogens is 3. The molecule has 1 aliphatic rings. The zero-order valence-corrected chi connectivity index (χ0v) is 21.9. The first-order valence-corrected chi connectivity index (χ1v) is 14.4. The minimum atomic E-state index is -3.59. The number of rotatable bonds is 10. The van der Waals surface area contributed by atoms with Crippen molar-refractivity contribution < 1.29 is 8.42 Å². The van der Waals surface area contributed by atoms with Crippen LogP contribution in [0.5, 0.6) is 0 Å². The van der Waals surface area contributed by atoms with E-state index in [-0.39, 0.29) is 16.6 Å². The molecular weight excluding hydrogens is 502 g/mol. The largest absolute Gasteiger partial charge is 0.354 e. The SMILES string of the molecule is NCCCNCc1ccc(-n2cc3cc(-c4ccc(S(=O)(=O)NC5CCNCC5)cc4)[nH]c3nc2=O)cc1. The first-order chi connectivity index (χ1) is 18.4. The Kier molecular flexibility index (Phi) is 8.01. The van der Waals surface area contributed by atoms with Gasteiger partial charge in [0.1, 0.15) is 5.65 Å². The Hall–Kier alpha value is -3.35. The van der Waals surface area contributed by atoms with Gasteiger partial charge in [0.05, 0.1) is 10.6 Å². The topological polar surface area (TPSA) is 147 Å². The Bertz CT molecular complexity index is 1540. The standard InChI is InChI=1S/C27H33N7O3S/c28-12-1-13-30-17-19-2-6-23(7-3-19)34-18-21-16-25(31-26(21)32-27(34)35)20-4-8-24(9-5-20)38(36,37)33-22-10-14-29-15-11-22/h2-9,16,18,22,29-30,33H,1,10-15,17,28H2,(H,31,32,35). The molecule has 2 aromatic heterocycles. The number of hydrogen-bond donors (Lipinski definition) is 5. The van der Waals surface area contributed by atoms with Gasteiger partial charge in [-0.25, -0.2) is 17.9 Å². The van der Waals surface area contributed by atoms with Crippen LogP contribution in [0.15, 0.2) is 70.5 Å². The van der Waals surface area contributed by atoms with Gasteiger partial charge >= 0.3 is 5.69 Å². The molecule has 3 heterocycles. The molecule has 0 aliphatic carbocycles. The highest BCUT2D eigenvalue weighted by Gasteiger charge is 2.21. The third kappa shape index (κ3) is 6.03. The van der Waals surface area contributed by atoms with Crippen molar-refractivity contribution in [2.75, 3.05) is 26.2 Å². The fraction of sp³-hybridized carbons (Fsp3) is 0.333. The molecule has 5 rings (SSSR count). The lowest BCUT2D eigenvalue weighted by atomic mass is 10.1. The zero-order chi connectivity index (χ0) is 26.5. The number of benzene rings is 2. The van der Waals surface area contributed by atoms with Gasteiger partial charge in [-0.2, -0.15) is 4.98 Å². The smallest absolute Gasteiger partial charge is 0.339 e. The van der Waals surface area contributed by atoms with Crippen molar-refractivity contribution in [2.45, 2.75) is 36.7 Å². The predicted octanol–water partition coefficient (Wildman–Crippen LogP) is 1.85. The van der Waals surface area contributed by atoms with Gasteiger partial charge in [0, 0.05) is 29.9 Å². The Balaban J connectivity index is 1.33. The molecule has 0 unspecified atom stereocenters. The van der Waals surface area contributed by atoms with Crippen LogP contribution in [-0.4, -0.2) is 55.2 Å². The maximum Gasteiger partial charge on any atom is 0.354 e. The van der Waals surface area contributed by atoms with Crippen LogP contribution in [0.2, 0.25) is 0 Å². The fourth-order valence-corrected chi connectivity index (χ4v) is 5.91. The molecule has 6 N–H and O–H groups in total. The van der Waals surface area contributed by atoms with E-state index < -0.39 is 10.0 Å². The normalized spacial score (nSPS) is 14.8. The Morgan fingerprint density at radius 2 is 1.79 bits per heavy atom. The van der Waals surface area contributed by atoms with Crippen molar-refractivity contribution in [3.63, 3.8) is 0 Å². The average Bonchev–Trinajstić information content (AvgIpc) is 3.34. The van der Waals surface area contributed by atoms with Crippen LogP contribution >= 0.6 is 0 Å². The quantitative estimate of drug-likeness (QED) is 0.195. The van der Waals surface area contributed by atoms with E-state index >= 15 is 0 Å². The average molecular weight is 536 g/mol. The number of fused-ring (bicyclic) bond motifs is 1. The number of nitrogens with two attached hydrogens (primary N) is 1. The summed E-state index contributed by atoms with van der Waals surface area (Å²) in [7, 11) is -3.59. The first-order valence-electron chi connectivity index (χ1n) is 12.9. The maximum atomic E-state index is 12.8. The molecule has 1 aliphatic heterocycles. The summed E-state index contributed by atoms with van der Waals surface area (Å²) in [5, 5.41) is 7.35. The van der Waals surface area contributed by atoms with E-state index in [1.165, 1.54) is 4.57 Å². The summed E-state index contributed by atoms with van der Waals surface area (Å²) in [5.41, 5.74) is 9.02. The molecule has 0 atom stereocenters. The number of hydrogen-bond acceptors (Lipinski definition) is 7. The van der Waals surface area contributed by atoms with E-state index in [9.17, 15) is 13.2 Å². The van der Waals surface area contributed by atoms with Gasteiger partial charge < -0.3 is 21.4 Å². The lowest BCUT2D eigenvalue weighted by Crippen LogP contribution is -2.42. The predicted molar refractivity (Wildman–Crippen MR) is 149 cm³/mol. The molecular formula is C27H33N7O3S. The molecule has 2 aromatic carbocycles. The Morgan fingerprint density at radius 3 is 2.50 bits per heavy atom. The molecule has 11 heteroatoms. The highest BCUT2D eigenvalue weighted by molar-refractivity contribution is 7.89. The minimum Gasteiger partial charge on any atom is -0.339 e. The van der Waals surface area contributed by atoms with Crippen LogP contribution in [0.3, 0.4) is 0 Å². The first kappa shape index (κ1) is 26.3. The Morgan fingerprint density at radius 1 is 1.05 bits per heavy atom. The monoisotopic (exact) mass is 535 g/mol. The van der Waals surface area contributed by atoms with Crippen molar-refractivity contribution in [1.82, 2.24) is 29.9 Å². The van der Waals surface area contributed by atoms with Crippen LogP contribution in [0.25, 0.3) is 28.0 Å². The molecule has 0 radical (unpaired) electrons. The van der Waals surface area contributed by atoms with Crippen LogP contribution in [0, 0.1) is 0 Å². The minimum absolute atomic E-state index is 0.0529. The molecule has 38 heavy (non-hydrogen) atoms. The molecule has 4 aromatic rings. The summed E-state index contributed by atoms with van der Waals surface area (Å²) in [5.74, 6) is 0. The third-order valence-electron chi connectivity index (χ3n) is 6.75. The van der Waals surface area contributed by atoms with E-state index in [2.05, 4.69) is 25.3 Å². The van der Waals surface area contributed by atoms with E-state index in [1.807, 2.05) is 30.3 Å². The second-order valence-electron chi connectivity index (χ2n) is 9.54. The van der Waals surface area contributed by atoms with Gasteiger partial charge in [-0.05, 0) is 86.9 Å². The van der Waals surface area contributed by atoms with Crippen molar-refractivity contribution in [3.05, 3.63) is 76.8 Å². The lowest BCUT2D eigenvalue weighted by molar-refractivity contribution is 0.427. The van der Waals surface area contributed by atoms with Crippen LogP contribution in [0.4, 0.5) is 0 Å². The van der Waals surface area contributed by atoms with Crippen LogP contribution < -0.4 is 26.8 Å². The molecule has 1 fully saturated rings. The number of sulfonamides is 1. The number of H-pyrrole nitrogens is 1. The zero-order valence-electron chi connectivity index (χ0n) is 21.1. The summed E-state index contributed by atoms with van der Waals surface area (Å²) in [6, 6.07) is 16.3. The van der Waals surface area contributed by atoms with E-state index in [0.717, 1.165) is 73.3 Å². The number of piperidine rings is 1. The molecule has 0 saturated carbocycles. The molecule has 200 valence electrons. The number of aromatic amines is 1. The van der Waals surface area contributed by atoms with Gasteiger partial charge in [-0.15, -0.1) is 0 Å². The number of nitrogens with zero attached hydrogens (tertiary/aromatic N) is 2. The van der Waals surface area contributed by atoms with Gasteiger partial charge in [0.15, 0.2) is 0 Å². The molecule has 0 amide bonds. The maximum absolute atomic E-state index is 12.8. The highest BCUT2D eigenvalue weighted by atomic mass is 32.2.